The summed E-state index contributed by atoms with van der Waals surface area (Å²) in [5, 5.41) is 28.3. The van der Waals surface area contributed by atoms with Gasteiger partial charge in [0.15, 0.2) is 0 Å². The van der Waals surface area contributed by atoms with E-state index in [1.165, 1.54) is 103 Å². The lowest BCUT2D eigenvalue weighted by atomic mass is 10.0. The fourth-order valence-electron chi connectivity index (χ4n) is 5.57. The van der Waals surface area contributed by atoms with Gasteiger partial charge < -0.3 is 15.3 Å². The molecule has 0 aromatic carbocycles. The largest absolute Gasteiger partial charge is 0.481 e. The normalized spacial score (nSPS) is 15.3. The molecule has 0 aromatic heterocycles. The Morgan fingerprint density at radius 1 is 0.512 bits per heavy atom. The average Bonchev–Trinajstić information content (AvgIpc) is 2.97. The summed E-state index contributed by atoms with van der Waals surface area (Å²) >= 11 is 0. The summed E-state index contributed by atoms with van der Waals surface area (Å²) in [5.41, 5.74) is 0. The minimum Gasteiger partial charge on any atom is -0.481 e. The molecule has 0 heterocycles. The van der Waals surface area contributed by atoms with Crippen LogP contribution in [0.5, 0.6) is 0 Å². The van der Waals surface area contributed by atoms with Crippen molar-refractivity contribution in [1.29, 1.82) is 0 Å². The molecular weight excluding hydrogens is 542 g/mol. The topological polar surface area (TPSA) is 112 Å². The summed E-state index contributed by atoms with van der Waals surface area (Å²) < 4.78 is 0.436. The third-order valence-electron chi connectivity index (χ3n) is 9.18. The van der Waals surface area contributed by atoms with E-state index in [0.29, 0.717) is 43.4 Å². The predicted octanol–water partition coefficient (Wildman–Crippen LogP) is 9.69. The minimum absolute atomic E-state index is 0.436. The van der Waals surface area contributed by atoms with Crippen molar-refractivity contribution < 1.29 is 34.2 Å². The molecule has 7 nitrogen and oxygen atoms in total. The highest BCUT2D eigenvalue weighted by atomic mass is 16.4. The molecule has 0 saturated carbocycles. The first-order chi connectivity index (χ1) is 20.5. The predicted molar refractivity (Wildman–Crippen MR) is 177 cm³/mol. The minimum atomic E-state index is -0.844. The number of rotatable bonds is 31. The number of allylic oxidation sites excluding steroid dienone is 1. The lowest BCUT2D eigenvalue weighted by Crippen LogP contribution is -2.47. The summed E-state index contributed by atoms with van der Waals surface area (Å²) in [5.74, 6) is -4.06. The van der Waals surface area contributed by atoms with E-state index in [4.69, 9.17) is 0 Å². The Kier molecular flexibility index (Phi) is 25.3. The number of unbranched alkanes of at least 4 members (excludes halogenated alkanes) is 17. The zero-order valence-electron chi connectivity index (χ0n) is 28.4. The van der Waals surface area contributed by atoms with Crippen molar-refractivity contribution in [2.75, 3.05) is 19.6 Å². The fraction of sp³-hybridized carbons (Fsp3) is 0.861. The molecule has 252 valence electrons. The maximum atomic E-state index is 11.5. The van der Waals surface area contributed by atoms with Crippen LogP contribution in [0.1, 0.15) is 163 Å². The number of carboxylic acids is 3. The van der Waals surface area contributed by atoms with Gasteiger partial charge in [0.25, 0.3) is 0 Å². The molecule has 0 amide bonds. The van der Waals surface area contributed by atoms with Gasteiger partial charge >= 0.3 is 17.9 Å². The Hall–Kier alpha value is -1.89. The van der Waals surface area contributed by atoms with Crippen LogP contribution in [0.15, 0.2) is 12.3 Å². The molecule has 0 aliphatic rings. The third-order valence-corrected chi connectivity index (χ3v) is 9.18. The van der Waals surface area contributed by atoms with E-state index in [9.17, 15) is 29.7 Å². The summed E-state index contributed by atoms with van der Waals surface area (Å²) in [6, 6.07) is 0. The Labute approximate surface area is 264 Å². The average molecular weight is 611 g/mol. The number of hydrogen-bond donors (Lipinski definition) is 3. The lowest BCUT2D eigenvalue weighted by Gasteiger charge is -2.37. The molecule has 0 aliphatic heterocycles. The van der Waals surface area contributed by atoms with Gasteiger partial charge in [-0.3, -0.25) is 18.9 Å². The number of nitrogens with zero attached hydrogens (tertiary/aromatic N) is 1. The summed E-state index contributed by atoms with van der Waals surface area (Å²) in [4.78, 5) is 34.5. The third kappa shape index (κ3) is 23.2. The van der Waals surface area contributed by atoms with Crippen LogP contribution in [0.4, 0.5) is 0 Å². The van der Waals surface area contributed by atoms with Crippen LogP contribution in [0.2, 0.25) is 0 Å². The number of aliphatic carboxylic acids is 3. The van der Waals surface area contributed by atoms with Gasteiger partial charge in [-0.15, -0.1) is 0 Å². The summed E-state index contributed by atoms with van der Waals surface area (Å²) in [7, 11) is 0. The standard InChI is InChI=1S/C36H67NO6/c1-5-6-7-8-9-10-11-12-13-14-15-16-17-18-19-20-21-22-23-27-37(28-24-31(2)34(38)39,29-25-32(3)35(40)41)30-26-33(4)36(42)43/h23,27,31-33H,5-22,24-26,28-30H2,1-4H3,(H2-,38,39,40,41,42,43)/p+1/b27-23+. The first-order valence-corrected chi connectivity index (χ1v) is 17.8. The Balaban J connectivity index is 4.52. The molecule has 7 heteroatoms. The number of quaternary nitrogens is 1. The van der Waals surface area contributed by atoms with E-state index in [-0.39, 0.29) is 0 Å². The Morgan fingerprint density at radius 3 is 1.07 bits per heavy atom. The van der Waals surface area contributed by atoms with Crippen molar-refractivity contribution in [2.24, 2.45) is 17.8 Å². The molecule has 0 spiro atoms. The molecular formula is C36H68NO6+. The molecule has 0 radical (unpaired) electrons. The maximum absolute atomic E-state index is 11.5. The number of carbonyl (C=O) groups is 3. The second-order valence-electron chi connectivity index (χ2n) is 13.3. The zero-order valence-corrected chi connectivity index (χ0v) is 28.4. The van der Waals surface area contributed by atoms with Gasteiger partial charge in [0, 0.05) is 19.3 Å². The monoisotopic (exact) mass is 611 g/mol. The van der Waals surface area contributed by atoms with E-state index >= 15 is 0 Å². The maximum Gasteiger partial charge on any atom is 0.306 e. The van der Waals surface area contributed by atoms with Crippen molar-refractivity contribution in [3.05, 3.63) is 12.3 Å². The van der Waals surface area contributed by atoms with Crippen LogP contribution in [-0.4, -0.2) is 57.3 Å². The highest BCUT2D eigenvalue weighted by Gasteiger charge is 2.30. The first-order valence-electron chi connectivity index (χ1n) is 17.8. The van der Waals surface area contributed by atoms with E-state index in [2.05, 4.69) is 19.2 Å². The van der Waals surface area contributed by atoms with Gasteiger partial charge in [0.2, 0.25) is 0 Å². The van der Waals surface area contributed by atoms with Gasteiger partial charge in [-0.25, -0.2) is 0 Å². The van der Waals surface area contributed by atoms with Crippen LogP contribution in [0, 0.1) is 17.8 Å². The summed E-state index contributed by atoms with van der Waals surface area (Å²) in [6.45, 7) is 9.02. The van der Waals surface area contributed by atoms with E-state index < -0.39 is 35.7 Å². The van der Waals surface area contributed by atoms with Crippen molar-refractivity contribution >= 4 is 17.9 Å². The smallest absolute Gasteiger partial charge is 0.306 e. The second kappa shape index (κ2) is 26.5. The van der Waals surface area contributed by atoms with Gasteiger partial charge in [0.05, 0.1) is 43.6 Å². The Bertz CT molecular complexity index is 692. The van der Waals surface area contributed by atoms with E-state index in [0.717, 1.165) is 12.8 Å². The van der Waals surface area contributed by atoms with E-state index in [1.807, 2.05) is 0 Å². The molecule has 0 aliphatic carbocycles. The molecule has 0 saturated heterocycles. The van der Waals surface area contributed by atoms with Gasteiger partial charge in [-0.1, -0.05) is 130 Å². The quantitative estimate of drug-likeness (QED) is 0.0532. The highest BCUT2D eigenvalue weighted by Crippen LogP contribution is 2.22. The van der Waals surface area contributed by atoms with Crippen molar-refractivity contribution in [2.45, 2.75) is 163 Å². The van der Waals surface area contributed by atoms with Crippen LogP contribution < -0.4 is 0 Å². The molecule has 43 heavy (non-hydrogen) atoms. The van der Waals surface area contributed by atoms with Crippen molar-refractivity contribution in [1.82, 2.24) is 0 Å². The van der Waals surface area contributed by atoms with Gasteiger partial charge in [-0.2, -0.15) is 0 Å². The number of hydrogen-bond acceptors (Lipinski definition) is 3. The summed E-state index contributed by atoms with van der Waals surface area (Å²) in [6.07, 6.45) is 29.4. The molecule has 3 atom stereocenters. The molecule has 0 rings (SSSR count). The molecule has 0 bridgehead atoms. The molecule has 0 aromatic rings. The zero-order chi connectivity index (χ0) is 32.3. The molecule has 0 fully saturated rings. The van der Waals surface area contributed by atoms with Crippen molar-refractivity contribution in [3.63, 3.8) is 0 Å². The molecule has 3 N–H and O–H groups in total. The lowest BCUT2D eigenvalue weighted by molar-refractivity contribution is -0.881. The van der Waals surface area contributed by atoms with Crippen LogP contribution in [0.3, 0.4) is 0 Å². The fourth-order valence-corrected chi connectivity index (χ4v) is 5.57. The Morgan fingerprint density at radius 2 is 0.791 bits per heavy atom. The van der Waals surface area contributed by atoms with Gasteiger partial charge in [0.1, 0.15) is 0 Å². The number of carboxylic acid groups (broad SMARTS) is 3. The SMILES string of the molecule is CCCCCCCCCCCCCCCCCCC/C=C/[N+](CCC(C)C(=O)O)(CCC(C)C(=O)O)CCC(C)C(=O)O. The van der Waals surface area contributed by atoms with Crippen LogP contribution in [0.25, 0.3) is 0 Å². The van der Waals surface area contributed by atoms with Crippen LogP contribution in [-0.2, 0) is 14.4 Å². The van der Waals surface area contributed by atoms with Crippen molar-refractivity contribution in [3.8, 4) is 0 Å². The second-order valence-corrected chi connectivity index (χ2v) is 13.3. The van der Waals surface area contributed by atoms with Crippen LogP contribution >= 0.6 is 0 Å². The molecule has 3 unspecified atom stereocenters. The first kappa shape index (κ1) is 41.1. The van der Waals surface area contributed by atoms with Gasteiger partial charge in [-0.05, 0) is 18.9 Å². The highest BCUT2D eigenvalue weighted by molar-refractivity contribution is 5.70. The van der Waals surface area contributed by atoms with E-state index in [1.54, 1.807) is 20.8 Å².